The van der Waals surface area contributed by atoms with Crippen molar-refractivity contribution in [2.45, 2.75) is 52.2 Å². The monoisotopic (exact) mass is 230 g/mol. The van der Waals surface area contributed by atoms with Gasteiger partial charge in [-0.2, -0.15) is 0 Å². The van der Waals surface area contributed by atoms with Crippen LogP contribution in [-0.2, 0) is 4.74 Å². The summed E-state index contributed by atoms with van der Waals surface area (Å²) in [4.78, 5) is 0. The van der Waals surface area contributed by atoms with Gasteiger partial charge in [0.05, 0.1) is 19.3 Å². The van der Waals surface area contributed by atoms with Gasteiger partial charge in [0.15, 0.2) is 0 Å². The maximum atomic E-state index is 9.30. The molecular weight excluding hydrogens is 204 g/mol. The molecule has 0 aliphatic heterocycles. The van der Waals surface area contributed by atoms with E-state index in [0.717, 1.165) is 6.42 Å². The molecule has 2 N–H and O–H groups in total. The van der Waals surface area contributed by atoms with E-state index in [1.54, 1.807) is 0 Å². The molecule has 0 bridgehead atoms. The average Bonchev–Trinajstić information content (AvgIpc) is 2.25. The van der Waals surface area contributed by atoms with E-state index in [4.69, 9.17) is 9.84 Å². The molecule has 4 unspecified atom stereocenters. The van der Waals surface area contributed by atoms with E-state index >= 15 is 0 Å². The van der Waals surface area contributed by atoms with Crippen LogP contribution in [0.5, 0.6) is 0 Å². The zero-order valence-corrected chi connectivity index (χ0v) is 10.7. The van der Waals surface area contributed by atoms with Crippen molar-refractivity contribution in [3.8, 4) is 0 Å². The Morgan fingerprint density at radius 2 is 2.00 bits per heavy atom. The lowest BCUT2D eigenvalue weighted by molar-refractivity contribution is -0.0827. The Labute approximate surface area is 98.8 Å². The summed E-state index contributed by atoms with van der Waals surface area (Å²) in [5.74, 6) is 1.90. The van der Waals surface area contributed by atoms with Crippen LogP contribution >= 0.6 is 0 Å². The van der Waals surface area contributed by atoms with Crippen LogP contribution in [0.3, 0.4) is 0 Å². The predicted octanol–water partition coefficient (Wildman–Crippen LogP) is 1.82. The van der Waals surface area contributed by atoms with Crippen LogP contribution in [0.15, 0.2) is 0 Å². The fraction of sp³-hybridized carbons (Fsp3) is 1.00. The van der Waals surface area contributed by atoms with Gasteiger partial charge < -0.3 is 14.9 Å². The third-order valence-corrected chi connectivity index (χ3v) is 3.72. The first-order valence-corrected chi connectivity index (χ1v) is 6.46. The molecular formula is C13H26O3. The number of aliphatic hydroxyl groups is 2. The van der Waals surface area contributed by atoms with Crippen LogP contribution in [0.1, 0.15) is 40.0 Å². The molecule has 1 rings (SSSR count). The highest BCUT2D eigenvalue weighted by molar-refractivity contribution is 4.83. The second-order valence-electron chi connectivity index (χ2n) is 5.44. The molecule has 0 aromatic rings. The molecule has 0 aromatic heterocycles. The summed E-state index contributed by atoms with van der Waals surface area (Å²) >= 11 is 0. The molecule has 1 saturated carbocycles. The molecule has 0 heterocycles. The van der Waals surface area contributed by atoms with Crippen molar-refractivity contribution in [3.63, 3.8) is 0 Å². The number of hydrogen-bond donors (Lipinski definition) is 2. The molecule has 4 atom stereocenters. The van der Waals surface area contributed by atoms with Gasteiger partial charge in [-0.3, -0.25) is 0 Å². The number of ether oxygens (including phenoxy) is 1. The van der Waals surface area contributed by atoms with E-state index in [1.807, 2.05) is 0 Å². The molecule has 3 nitrogen and oxygen atoms in total. The van der Waals surface area contributed by atoms with E-state index in [1.165, 1.54) is 12.8 Å². The first-order valence-electron chi connectivity index (χ1n) is 6.46. The number of aliphatic hydroxyl groups excluding tert-OH is 2. The smallest absolute Gasteiger partial charge is 0.100 e. The summed E-state index contributed by atoms with van der Waals surface area (Å²) in [6.45, 7) is 6.82. The lowest BCUT2D eigenvalue weighted by atomic mass is 9.72. The molecule has 3 heteroatoms. The topological polar surface area (TPSA) is 49.7 Å². The minimum absolute atomic E-state index is 0.214. The summed E-state index contributed by atoms with van der Waals surface area (Å²) in [5, 5.41) is 18.1. The Bertz CT molecular complexity index is 194. The molecule has 0 amide bonds. The molecule has 0 spiro atoms. The maximum absolute atomic E-state index is 9.30. The van der Waals surface area contributed by atoms with Gasteiger partial charge in [-0.1, -0.05) is 33.6 Å². The largest absolute Gasteiger partial charge is 0.394 e. The van der Waals surface area contributed by atoms with Crippen molar-refractivity contribution < 1.29 is 14.9 Å². The van der Waals surface area contributed by atoms with Crippen LogP contribution in [-0.4, -0.2) is 35.6 Å². The standard InChI is InChI=1S/C13H26O3/c1-9(2)13-10(3)5-4-6-12(13)16-8-11(15)7-14/h9-15H,4-8H2,1-3H3. The third-order valence-electron chi connectivity index (χ3n) is 3.72. The molecule has 96 valence electrons. The Balaban J connectivity index is 2.48. The first-order chi connectivity index (χ1) is 7.56. The van der Waals surface area contributed by atoms with Gasteiger partial charge in [-0.25, -0.2) is 0 Å². The van der Waals surface area contributed by atoms with Gasteiger partial charge >= 0.3 is 0 Å². The second kappa shape index (κ2) is 6.58. The van der Waals surface area contributed by atoms with Crippen molar-refractivity contribution in [2.75, 3.05) is 13.2 Å². The van der Waals surface area contributed by atoms with E-state index < -0.39 is 6.10 Å². The molecule has 16 heavy (non-hydrogen) atoms. The van der Waals surface area contributed by atoms with Crippen LogP contribution in [0, 0.1) is 17.8 Å². The minimum atomic E-state index is -0.731. The Hall–Kier alpha value is -0.120. The molecule has 1 fully saturated rings. The second-order valence-corrected chi connectivity index (χ2v) is 5.44. The Kier molecular flexibility index (Phi) is 5.73. The van der Waals surface area contributed by atoms with Gasteiger partial charge in [0, 0.05) is 0 Å². The van der Waals surface area contributed by atoms with E-state index in [-0.39, 0.29) is 19.3 Å². The normalized spacial score (nSPS) is 33.0. The Morgan fingerprint density at radius 3 is 2.56 bits per heavy atom. The summed E-state index contributed by atoms with van der Waals surface area (Å²) in [7, 11) is 0. The van der Waals surface area contributed by atoms with Gasteiger partial charge in [0.2, 0.25) is 0 Å². The van der Waals surface area contributed by atoms with Crippen molar-refractivity contribution >= 4 is 0 Å². The van der Waals surface area contributed by atoms with E-state index in [2.05, 4.69) is 20.8 Å². The van der Waals surface area contributed by atoms with Crippen molar-refractivity contribution in [1.29, 1.82) is 0 Å². The highest BCUT2D eigenvalue weighted by Gasteiger charge is 2.33. The summed E-state index contributed by atoms with van der Waals surface area (Å²) in [6.07, 6.45) is 3.11. The molecule has 1 aliphatic rings. The van der Waals surface area contributed by atoms with Crippen molar-refractivity contribution in [3.05, 3.63) is 0 Å². The van der Waals surface area contributed by atoms with Crippen LogP contribution < -0.4 is 0 Å². The Morgan fingerprint density at radius 1 is 1.31 bits per heavy atom. The predicted molar refractivity (Wildman–Crippen MR) is 64.2 cm³/mol. The molecule has 0 saturated heterocycles. The molecule has 0 aromatic carbocycles. The van der Waals surface area contributed by atoms with Gasteiger partial charge in [0.1, 0.15) is 6.10 Å². The summed E-state index contributed by atoms with van der Waals surface area (Å²) in [5.41, 5.74) is 0. The molecule has 1 aliphatic carbocycles. The van der Waals surface area contributed by atoms with Crippen LogP contribution in [0.4, 0.5) is 0 Å². The van der Waals surface area contributed by atoms with Gasteiger partial charge in [-0.05, 0) is 24.2 Å². The quantitative estimate of drug-likeness (QED) is 0.757. The fourth-order valence-corrected chi connectivity index (χ4v) is 2.96. The number of hydrogen-bond acceptors (Lipinski definition) is 3. The highest BCUT2D eigenvalue weighted by Crippen LogP contribution is 2.36. The highest BCUT2D eigenvalue weighted by atomic mass is 16.5. The lowest BCUT2D eigenvalue weighted by Crippen LogP contribution is -2.38. The average molecular weight is 230 g/mol. The van der Waals surface area contributed by atoms with Gasteiger partial charge in [0.25, 0.3) is 0 Å². The van der Waals surface area contributed by atoms with Crippen molar-refractivity contribution in [1.82, 2.24) is 0 Å². The van der Waals surface area contributed by atoms with Crippen LogP contribution in [0.2, 0.25) is 0 Å². The fourth-order valence-electron chi connectivity index (χ4n) is 2.96. The van der Waals surface area contributed by atoms with Crippen LogP contribution in [0.25, 0.3) is 0 Å². The minimum Gasteiger partial charge on any atom is -0.394 e. The molecule has 0 radical (unpaired) electrons. The zero-order chi connectivity index (χ0) is 12.1. The van der Waals surface area contributed by atoms with Gasteiger partial charge in [-0.15, -0.1) is 0 Å². The summed E-state index contributed by atoms with van der Waals surface area (Å²) < 4.78 is 5.77. The maximum Gasteiger partial charge on any atom is 0.100 e. The van der Waals surface area contributed by atoms with Crippen molar-refractivity contribution in [2.24, 2.45) is 17.8 Å². The SMILES string of the molecule is CC(C)C1C(C)CCCC1OCC(O)CO. The van der Waals surface area contributed by atoms with E-state index in [9.17, 15) is 5.11 Å². The summed E-state index contributed by atoms with van der Waals surface area (Å²) in [6, 6.07) is 0. The number of rotatable bonds is 5. The van der Waals surface area contributed by atoms with E-state index in [0.29, 0.717) is 17.8 Å². The lowest BCUT2D eigenvalue weighted by Gasteiger charge is -2.39. The first kappa shape index (κ1) is 13.9. The zero-order valence-electron chi connectivity index (χ0n) is 10.7. The third kappa shape index (κ3) is 3.72.